The number of hydrogen-bond acceptors (Lipinski definition) is 2. The van der Waals surface area contributed by atoms with Crippen LogP contribution in [-0.2, 0) is 4.79 Å². The van der Waals surface area contributed by atoms with E-state index in [0.29, 0.717) is 10.7 Å². The molecule has 0 heterocycles. The molecule has 0 saturated heterocycles. The second-order valence-corrected chi connectivity index (χ2v) is 4.76. The molecule has 0 fully saturated rings. The number of halogens is 3. The predicted octanol–water partition coefficient (Wildman–Crippen LogP) is 4.00. The molecule has 0 bridgehead atoms. The summed E-state index contributed by atoms with van der Waals surface area (Å²) in [5, 5.41) is 3.06. The van der Waals surface area contributed by atoms with E-state index in [2.05, 4.69) is 5.32 Å². The molecule has 22 heavy (non-hydrogen) atoms. The van der Waals surface area contributed by atoms with Gasteiger partial charge in [0.25, 0.3) is 0 Å². The zero-order valence-electron chi connectivity index (χ0n) is 11.1. The van der Waals surface area contributed by atoms with Crippen LogP contribution in [0, 0.1) is 11.6 Å². The SMILES string of the molecule is O=C(/C=C/C(=O)c1ccc(F)c(F)c1)Nc1ccc(Cl)cc1. The third kappa shape index (κ3) is 4.23. The Morgan fingerprint density at radius 2 is 1.64 bits per heavy atom. The molecule has 0 aliphatic heterocycles. The number of carbonyl (C=O) groups is 2. The van der Waals surface area contributed by atoms with Crippen LogP contribution in [-0.4, -0.2) is 11.7 Å². The van der Waals surface area contributed by atoms with Gasteiger partial charge in [0, 0.05) is 22.3 Å². The second kappa shape index (κ2) is 6.95. The molecule has 2 aromatic carbocycles. The molecule has 0 spiro atoms. The van der Waals surface area contributed by atoms with Crippen LogP contribution in [0.25, 0.3) is 0 Å². The topological polar surface area (TPSA) is 46.2 Å². The summed E-state index contributed by atoms with van der Waals surface area (Å²) in [4.78, 5) is 23.4. The van der Waals surface area contributed by atoms with E-state index < -0.39 is 23.3 Å². The zero-order valence-corrected chi connectivity index (χ0v) is 11.9. The molecule has 0 aliphatic carbocycles. The molecular weight excluding hydrogens is 312 g/mol. The highest BCUT2D eigenvalue weighted by Gasteiger charge is 2.07. The molecule has 6 heteroatoms. The maximum atomic E-state index is 13.0. The quantitative estimate of drug-likeness (QED) is 0.683. The molecular formula is C16H10ClF2NO2. The summed E-state index contributed by atoms with van der Waals surface area (Å²) in [6.07, 6.45) is 2.00. The van der Waals surface area contributed by atoms with Gasteiger partial charge in [0.05, 0.1) is 0 Å². The van der Waals surface area contributed by atoms with E-state index in [1.54, 1.807) is 24.3 Å². The maximum absolute atomic E-state index is 13.0. The summed E-state index contributed by atoms with van der Waals surface area (Å²) in [7, 11) is 0. The molecule has 2 aromatic rings. The van der Waals surface area contributed by atoms with Crippen molar-refractivity contribution in [3.05, 3.63) is 76.8 Å². The van der Waals surface area contributed by atoms with Crippen LogP contribution in [0.15, 0.2) is 54.6 Å². The highest BCUT2D eigenvalue weighted by Crippen LogP contribution is 2.13. The third-order valence-electron chi connectivity index (χ3n) is 2.70. The van der Waals surface area contributed by atoms with Crippen LogP contribution in [0.3, 0.4) is 0 Å². The minimum atomic E-state index is -1.12. The number of allylic oxidation sites excluding steroid dienone is 1. The highest BCUT2D eigenvalue weighted by atomic mass is 35.5. The summed E-state index contributed by atoms with van der Waals surface area (Å²) in [6.45, 7) is 0. The summed E-state index contributed by atoms with van der Waals surface area (Å²) < 4.78 is 25.8. The number of ketones is 1. The average molecular weight is 322 g/mol. The molecule has 0 saturated carbocycles. The van der Waals surface area contributed by atoms with E-state index in [0.717, 1.165) is 30.4 Å². The van der Waals surface area contributed by atoms with Gasteiger partial charge in [-0.1, -0.05) is 11.6 Å². The van der Waals surface area contributed by atoms with Crippen molar-refractivity contribution in [1.82, 2.24) is 0 Å². The Bertz CT molecular complexity index is 742. The van der Waals surface area contributed by atoms with Crippen LogP contribution in [0.4, 0.5) is 14.5 Å². The standard InChI is InChI=1S/C16H10ClF2NO2/c17-11-2-4-12(5-3-11)20-16(22)8-7-15(21)10-1-6-13(18)14(19)9-10/h1-9H,(H,20,22)/b8-7+. The van der Waals surface area contributed by atoms with E-state index in [9.17, 15) is 18.4 Å². The Labute approximate surface area is 130 Å². The lowest BCUT2D eigenvalue weighted by Gasteiger charge is -2.01. The van der Waals surface area contributed by atoms with Crippen molar-refractivity contribution >= 4 is 29.0 Å². The van der Waals surface area contributed by atoms with Crippen molar-refractivity contribution < 1.29 is 18.4 Å². The van der Waals surface area contributed by atoms with Crippen molar-refractivity contribution in [2.75, 3.05) is 5.32 Å². The van der Waals surface area contributed by atoms with Gasteiger partial charge in [-0.3, -0.25) is 9.59 Å². The van der Waals surface area contributed by atoms with Gasteiger partial charge in [-0.2, -0.15) is 0 Å². The largest absolute Gasteiger partial charge is 0.323 e. The van der Waals surface area contributed by atoms with Crippen LogP contribution in [0.1, 0.15) is 10.4 Å². The van der Waals surface area contributed by atoms with Gasteiger partial charge in [0.2, 0.25) is 5.91 Å². The fourth-order valence-electron chi connectivity index (χ4n) is 1.61. The van der Waals surface area contributed by atoms with Crippen molar-refractivity contribution in [1.29, 1.82) is 0 Å². The average Bonchev–Trinajstić information content (AvgIpc) is 2.50. The molecule has 112 valence electrons. The zero-order chi connectivity index (χ0) is 16.1. The van der Waals surface area contributed by atoms with Crippen LogP contribution in [0.2, 0.25) is 5.02 Å². The van der Waals surface area contributed by atoms with Crippen LogP contribution >= 0.6 is 11.6 Å². The summed E-state index contributed by atoms with van der Waals surface area (Å²) in [5.74, 6) is -3.30. The lowest BCUT2D eigenvalue weighted by atomic mass is 10.1. The smallest absolute Gasteiger partial charge is 0.248 e. The molecule has 0 aromatic heterocycles. The monoisotopic (exact) mass is 321 g/mol. The molecule has 1 N–H and O–H groups in total. The van der Waals surface area contributed by atoms with E-state index in [1.807, 2.05) is 0 Å². The van der Waals surface area contributed by atoms with Crippen molar-refractivity contribution in [2.24, 2.45) is 0 Å². The number of rotatable bonds is 4. The van der Waals surface area contributed by atoms with Gasteiger partial charge in [0.1, 0.15) is 0 Å². The first-order valence-corrected chi connectivity index (χ1v) is 6.57. The van der Waals surface area contributed by atoms with Crippen LogP contribution < -0.4 is 5.32 Å². The molecule has 2 rings (SSSR count). The molecule has 0 atom stereocenters. The first kappa shape index (κ1) is 15.9. The Morgan fingerprint density at radius 3 is 2.27 bits per heavy atom. The summed E-state index contributed by atoms with van der Waals surface area (Å²) in [5.41, 5.74) is 0.466. The van der Waals surface area contributed by atoms with Gasteiger partial charge < -0.3 is 5.32 Å². The fraction of sp³-hybridized carbons (Fsp3) is 0. The second-order valence-electron chi connectivity index (χ2n) is 4.32. The van der Waals surface area contributed by atoms with Gasteiger partial charge in [0.15, 0.2) is 17.4 Å². The molecule has 3 nitrogen and oxygen atoms in total. The van der Waals surface area contributed by atoms with E-state index in [-0.39, 0.29) is 5.56 Å². The Morgan fingerprint density at radius 1 is 0.955 bits per heavy atom. The third-order valence-corrected chi connectivity index (χ3v) is 2.95. The van der Waals surface area contributed by atoms with Crippen molar-refractivity contribution in [2.45, 2.75) is 0 Å². The Kier molecular flexibility index (Phi) is 5.01. The normalized spacial score (nSPS) is 10.7. The van der Waals surface area contributed by atoms with E-state index in [4.69, 9.17) is 11.6 Å². The first-order chi connectivity index (χ1) is 10.5. The number of benzene rings is 2. The highest BCUT2D eigenvalue weighted by molar-refractivity contribution is 6.30. The number of anilines is 1. The molecule has 1 amide bonds. The molecule has 0 aliphatic rings. The van der Waals surface area contributed by atoms with E-state index >= 15 is 0 Å². The fourth-order valence-corrected chi connectivity index (χ4v) is 1.74. The van der Waals surface area contributed by atoms with Crippen molar-refractivity contribution in [3.8, 4) is 0 Å². The number of nitrogens with one attached hydrogen (secondary N) is 1. The molecule has 0 radical (unpaired) electrons. The Balaban J connectivity index is 2.01. The number of amides is 1. The van der Waals surface area contributed by atoms with Gasteiger partial charge >= 0.3 is 0 Å². The van der Waals surface area contributed by atoms with Gasteiger partial charge in [-0.15, -0.1) is 0 Å². The molecule has 0 unspecified atom stereocenters. The number of hydrogen-bond donors (Lipinski definition) is 1. The minimum Gasteiger partial charge on any atom is -0.323 e. The summed E-state index contributed by atoms with van der Waals surface area (Å²) >= 11 is 5.71. The maximum Gasteiger partial charge on any atom is 0.248 e. The predicted molar refractivity (Wildman–Crippen MR) is 79.9 cm³/mol. The van der Waals surface area contributed by atoms with Crippen molar-refractivity contribution in [3.63, 3.8) is 0 Å². The van der Waals surface area contributed by atoms with Crippen LogP contribution in [0.5, 0.6) is 0 Å². The lowest BCUT2D eigenvalue weighted by molar-refractivity contribution is -0.111. The Hall–Kier alpha value is -2.53. The lowest BCUT2D eigenvalue weighted by Crippen LogP contribution is -2.08. The van der Waals surface area contributed by atoms with E-state index in [1.165, 1.54) is 0 Å². The minimum absolute atomic E-state index is 0.0468. The summed E-state index contributed by atoms with van der Waals surface area (Å²) in [6, 6.07) is 9.18. The van der Waals surface area contributed by atoms with Gasteiger partial charge in [-0.25, -0.2) is 8.78 Å². The van der Waals surface area contributed by atoms with Gasteiger partial charge in [-0.05, 0) is 48.5 Å². The number of carbonyl (C=O) groups excluding carboxylic acids is 2. The first-order valence-electron chi connectivity index (χ1n) is 6.20.